The lowest BCUT2D eigenvalue weighted by Crippen LogP contribution is -2.57. The van der Waals surface area contributed by atoms with Gasteiger partial charge < -0.3 is 9.84 Å². The van der Waals surface area contributed by atoms with Crippen LogP contribution in [0.1, 0.15) is 85.5 Å². The zero-order valence-electron chi connectivity index (χ0n) is 16.9. The molecule has 1 heterocycles. The summed E-state index contributed by atoms with van der Waals surface area (Å²) in [5.41, 5.74) is 0.709. The van der Waals surface area contributed by atoms with Crippen molar-refractivity contribution in [2.45, 2.75) is 97.1 Å². The summed E-state index contributed by atoms with van der Waals surface area (Å²) < 4.78 is 5.17. The molecule has 1 rings (SSSR count). The number of nitrogens with zero attached hydrogens (tertiary/aromatic N) is 1. The zero-order valence-corrected chi connectivity index (χ0v) is 16.9. The van der Waals surface area contributed by atoms with E-state index in [1.807, 2.05) is 6.92 Å². The molecule has 1 atom stereocenters. The SMILES string of the molecule is CCCCN1CCC(O)/C(=C/C(=O)OCC)C1(CCCC)CCCC. The van der Waals surface area contributed by atoms with Crippen molar-refractivity contribution in [1.29, 1.82) is 0 Å². The summed E-state index contributed by atoms with van der Waals surface area (Å²) in [4.78, 5) is 14.7. The highest BCUT2D eigenvalue weighted by molar-refractivity contribution is 5.83. The highest BCUT2D eigenvalue weighted by atomic mass is 16.5. The lowest BCUT2D eigenvalue weighted by molar-refractivity contribution is -0.137. The van der Waals surface area contributed by atoms with Gasteiger partial charge in [-0.15, -0.1) is 0 Å². The molecule has 0 aromatic rings. The van der Waals surface area contributed by atoms with E-state index in [0.29, 0.717) is 13.0 Å². The van der Waals surface area contributed by atoms with Crippen molar-refractivity contribution in [1.82, 2.24) is 4.90 Å². The molecule has 0 aliphatic carbocycles. The molecule has 1 N–H and O–H groups in total. The highest BCUT2D eigenvalue weighted by Gasteiger charge is 2.45. The summed E-state index contributed by atoms with van der Waals surface area (Å²) in [7, 11) is 0. The van der Waals surface area contributed by atoms with Gasteiger partial charge in [-0.1, -0.05) is 52.9 Å². The summed E-state index contributed by atoms with van der Waals surface area (Å²) >= 11 is 0. The van der Waals surface area contributed by atoms with Crippen molar-refractivity contribution in [3.8, 4) is 0 Å². The average Bonchev–Trinajstić information content (AvgIpc) is 2.60. The topological polar surface area (TPSA) is 49.8 Å². The summed E-state index contributed by atoms with van der Waals surface area (Å²) in [6.07, 6.45) is 10.6. The van der Waals surface area contributed by atoms with Crippen LogP contribution in [-0.4, -0.2) is 47.3 Å². The van der Waals surface area contributed by atoms with Gasteiger partial charge >= 0.3 is 5.97 Å². The van der Waals surface area contributed by atoms with E-state index in [2.05, 4.69) is 25.7 Å². The monoisotopic (exact) mass is 353 g/mol. The predicted molar refractivity (Wildman–Crippen MR) is 104 cm³/mol. The van der Waals surface area contributed by atoms with Gasteiger partial charge in [0.05, 0.1) is 12.7 Å². The maximum Gasteiger partial charge on any atom is 0.330 e. The fourth-order valence-corrected chi connectivity index (χ4v) is 4.02. The second-order valence-electron chi connectivity index (χ2n) is 7.24. The van der Waals surface area contributed by atoms with E-state index >= 15 is 0 Å². The van der Waals surface area contributed by atoms with Gasteiger partial charge in [0.15, 0.2) is 0 Å². The quantitative estimate of drug-likeness (QED) is 0.440. The van der Waals surface area contributed by atoms with Crippen molar-refractivity contribution in [3.05, 3.63) is 11.6 Å². The van der Waals surface area contributed by atoms with Crippen LogP contribution in [0.2, 0.25) is 0 Å². The van der Waals surface area contributed by atoms with E-state index in [1.54, 1.807) is 6.08 Å². The third kappa shape index (κ3) is 6.10. The molecule has 0 bridgehead atoms. The Morgan fingerprint density at radius 1 is 1.16 bits per heavy atom. The van der Waals surface area contributed by atoms with Crippen molar-refractivity contribution >= 4 is 5.97 Å². The fraction of sp³-hybridized carbons (Fsp3) is 0.857. The first kappa shape index (κ1) is 22.2. The number of aliphatic hydroxyl groups excluding tert-OH is 1. The van der Waals surface area contributed by atoms with Crippen molar-refractivity contribution in [2.75, 3.05) is 19.7 Å². The van der Waals surface area contributed by atoms with Crippen LogP contribution < -0.4 is 0 Å². The van der Waals surface area contributed by atoms with E-state index in [-0.39, 0.29) is 11.5 Å². The molecule has 1 aliphatic heterocycles. The third-order valence-corrected chi connectivity index (χ3v) is 5.40. The van der Waals surface area contributed by atoms with Crippen LogP contribution in [0.4, 0.5) is 0 Å². The van der Waals surface area contributed by atoms with Crippen LogP contribution in [0.5, 0.6) is 0 Å². The number of unbranched alkanes of at least 4 members (excludes halogenated alkanes) is 3. The van der Waals surface area contributed by atoms with Crippen LogP contribution in [0.3, 0.4) is 0 Å². The molecule has 4 heteroatoms. The molecule has 0 saturated carbocycles. The molecular weight excluding hydrogens is 314 g/mol. The number of carbonyl (C=O) groups is 1. The lowest BCUT2D eigenvalue weighted by atomic mass is 9.73. The van der Waals surface area contributed by atoms with Gasteiger partial charge in [-0.3, -0.25) is 4.90 Å². The fourth-order valence-electron chi connectivity index (χ4n) is 4.02. The molecule has 0 aromatic heterocycles. The van der Waals surface area contributed by atoms with Gasteiger partial charge in [-0.05, 0) is 44.7 Å². The molecule has 0 spiro atoms. The van der Waals surface area contributed by atoms with Crippen LogP contribution in [0, 0.1) is 0 Å². The molecule has 146 valence electrons. The molecule has 1 unspecified atom stereocenters. The Balaban J connectivity index is 3.27. The van der Waals surface area contributed by atoms with E-state index in [0.717, 1.165) is 70.0 Å². The Labute approximate surface area is 154 Å². The average molecular weight is 354 g/mol. The largest absolute Gasteiger partial charge is 0.463 e. The highest BCUT2D eigenvalue weighted by Crippen LogP contribution is 2.41. The first-order valence-electron chi connectivity index (χ1n) is 10.4. The summed E-state index contributed by atoms with van der Waals surface area (Å²) in [5.74, 6) is -0.314. The number of hydrogen-bond donors (Lipinski definition) is 1. The van der Waals surface area contributed by atoms with Gasteiger partial charge in [-0.25, -0.2) is 4.79 Å². The zero-order chi connectivity index (χ0) is 18.7. The molecular formula is C21H39NO3. The number of carbonyl (C=O) groups excluding carboxylic acids is 1. The number of hydrogen-bond acceptors (Lipinski definition) is 4. The Bertz CT molecular complexity index is 409. The van der Waals surface area contributed by atoms with Gasteiger partial charge in [0, 0.05) is 18.2 Å². The van der Waals surface area contributed by atoms with Gasteiger partial charge in [-0.2, -0.15) is 0 Å². The van der Waals surface area contributed by atoms with E-state index in [9.17, 15) is 9.90 Å². The van der Waals surface area contributed by atoms with Gasteiger partial charge in [0.2, 0.25) is 0 Å². The summed E-state index contributed by atoms with van der Waals surface area (Å²) in [5, 5.41) is 10.8. The smallest absolute Gasteiger partial charge is 0.330 e. The van der Waals surface area contributed by atoms with Gasteiger partial charge in [0.1, 0.15) is 0 Å². The standard InChI is InChI=1S/C21H39NO3/c1-5-9-13-21(14-10-6-2)18(17-20(24)25-8-4)19(23)12-16-22(21)15-11-7-3/h17,19,23H,5-16H2,1-4H3/b18-17-. The maximum absolute atomic E-state index is 12.2. The minimum Gasteiger partial charge on any atom is -0.463 e. The molecule has 4 nitrogen and oxygen atoms in total. The second kappa shape index (κ2) is 11.7. The second-order valence-corrected chi connectivity index (χ2v) is 7.24. The number of esters is 1. The Kier molecular flexibility index (Phi) is 10.4. The molecule has 1 fully saturated rings. The number of piperidine rings is 1. The molecule has 0 aromatic carbocycles. The maximum atomic E-state index is 12.2. The van der Waals surface area contributed by atoms with Crippen LogP contribution >= 0.6 is 0 Å². The van der Waals surface area contributed by atoms with Crippen LogP contribution in [-0.2, 0) is 9.53 Å². The number of rotatable bonds is 11. The first-order chi connectivity index (χ1) is 12.1. The normalized spacial score (nSPS) is 22.3. The Morgan fingerprint density at radius 3 is 2.28 bits per heavy atom. The predicted octanol–water partition coefficient (Wildman–Crippen LogP) is 4.46. The molecule has 0 radical (unpaired) electrons. The summed E-state index contributed by atoms with van der Waals surface area (Å²) in [6.45, 7) is 10.8. The van der Waals surface area contributed by atoms with Gasteiger partial charge in [0.25, 0.3) is 0 Å². The van der Waals surface area contributed by atoms with E-state index < -0.39 is 6.10 Å². The summed E-state index contributed by atoms with van der Waals surface area (Å²) in [6, 6.07) is 0. The van der Waals surface area contributed by atoms with E-state index in [1.165, 1.54) is 0 Å². The number of likely N-dealkylation sites (tertiary alicyclic amines) is 1. The molecule has 0 amide bonds. The minimum absolute atomic E-state index is 0.189. The number of aliphatic hydroxyl groups is 1. The molecule has 25 heavy (non-hydrogen) atoms. The van der Waals surface area contributed by atoms with Crippen molar-refractivity contribution in [2.24, 2.45) is 0 Å². The Morgan fingerprint density at radius 2 is 1.76 bits per heavy atom. The van der Waals surface area contributed by atoms with Crippen molar-refractivity contribution in [3.63, 3.8) is 0 Å². The van der Waals surface area contributed by atoms with Crippen LogP contribution in [0.15, 0.2) is 11.6 Å². The third-order valence-electron chi connectivity index (χ3n) is 5.40. The molecule has 1 aliphatic rings. The van der Waals surface area contributed by atoms with Crippen LogP contribution in [0.25, 0.3) is 0 Å². The Hall–Kier alpha value is -0.870. The molecule has 1 saturated heterocycles. The first-order valence-corrected chi connectivity index (χ1v) is 10.4. The van der Waals surface area contributed by atoms with E-state index in [4.69, 9.17) is 4.74 Å². The lowest BCUT2D eigenvalue weighted by Gasteiger charge is -2.51. The number of ether oxygens (including phenoxy) is 1. The van der Waals surface area contributed by atoms with Crippen molar-refractivity contribution < 1.29 is 14.6 Å². The minimum atomic E-state index is -0.531.